The van der Waals surface area contributed by atoms with E-state index in [1.54, 1.807) is 0 Å². The molecule has 0 N–H and O–H groups in total. The second-order valence-electron chi connectivity index (χ2n) is 7.23. The molecule has 0 heteroatoms. The minimum Gasteiger partial charge on any atom is -0.0877 e. The Bertz CT molecular complexity index is 325. The predicted molar refractivity (Wildman–Crippen MR) is 64.6 cm³/mol. The first-order valence-corrected chi connectivity index (χ1v) is 6.60. The molecule has 1 unspecified atom stereocenters. The number of rotatable bonds is 0. The molecule has 0 nitrogen and oxygen atoms in total. The normalized spacial score (nSPS) is 55.7. The molecule has 84 valence electrons. The van der Waals surface area contributed by atoms with Crippen molar-refractivity contribution in [2.45, 2.75) is 53.4 Å². The highest BCUT2D eigenvalue weighted by Crippen LogP contribution is 2.76. The molecule has 0 amide bonds. The van der Waals surface area contributed by atoms with Crippen molar-refractivity contribution in [3.8, 4) is 0 Å². The van der Waals surface area contributed by atoms with Gasteiger partial charge in [-0.15, -0.1) is 0 Å². The Hall–Kier alpha value is -0.260. The lowest BCUT2D eigenvalue weighted by Crippen LogP contribution is -2.39. The van der Waals surface area contributed by atoms with Gasteiger partial charge in [0.15, 0.2) is 0 Å². The Labute approximate surface area is 94.1 Å². The zero-order valence-corrected chi connectivity index (χ0v) is 10.6. The average molecular weight is 204 g/mol. The molecule has 0 spiro atoms. The van der Waals surface area contributed by atoms with Crippen molar-refractivity contribution in [3.05, 3.63) is 12.2 Å². The first kappa shape index (κ1) is 9.93. The molecule has 3 aliphatic rings. The average Bonchev–Trinajstić information content (AvgIpc) is 2.50. The van der Waals surface area contributed by atoms with E-state index in [9.17, 15) is 0 Å². The van der Waals surface area contributed by atoms with E-state index in [0.29, 0.717) is 16.2 Å². The molecule has 2 bridgehead atoms. The summed E-state index contributed by atoms with van der Waals surface area (Å²) in [6.45, 7) is 10.0. The highest BCUT2D eigenvalue weighted by molar-refractivity contribution is 5.26. The van der Waals surface area contributed by atoms with Gasteiger partial charge in [-0.05, 0) is 53.8 Å². The maximum absolute atomic E-state index is 2.58. The first-order chi connectivity index (χ1) is 6.92. The van der Waals surface area contributed by atoms with E-state index in [2.05, 4.69) is 39.8 Å². The van der Waals surface area contributed by atoms with Crippen LogP contribution >= 0.6 is 0 Å². The van der Waals surface area contributed by atoms with E-state index in [-0.39, 0.29) is 0 Å². The van der Waals surface area contributed by atoms with Crippen molar-refractivity contribution in [1.29, 1.82) is 0 Å². The molecule has 3 aliphatic carbocycles. The summed E-state index contributed by atoms with van der Waals surface area (Å²) >= 11 is 0. The largest absolute Gasteiger partial charge is 0.0877 e. The molecule has 0 saturated heterocycles. The molecule has 0 aromatic carbocycles. The van der Waals surface area contributed by atoms with Crippen LogP contribution < -0.4 is 0 Å². The Morgan fingerprint density at radius 2 is 1.93 bits per heavy atom. The van der Waals surface area contributed by atoms with Gasteiger partial charge in [0.1, 0.15) is 0 Å². The van der Waals surface area contributed by atoms with Crippen LogP contribution in [-0.2, 0) is 0 Å². The van der Waals surface area contributed by atoms with Crippen LogP contribution in [0, 0.1) is 28.1 Å². The molecule has 2 saturated carbocycles. The number of hydrogen-bond acceptors (Lipinski definition) is 0. The highest BCUT2D eigenvalue weighted by atomic mass is 14.7. The maximum atomic E-state index is 2.58. The van der Waals surface area contributed by atoms with E-state index in [1.807, 2.05) is 0 Å². The SMILES string of the molecule is CC1CC=C[C@@]2(C)[C@H]3CC[C@@]12CC3(C)C. The Kier molecular flexibility index (Phi) is 1.67. The van der Waals surface area contributed by atoms with Gasteiger partial charge in [0.2, 0.25) is 0 Å². The smallest absolute Gasteiger partial charge is 0.00539 e. The van der Waals surface area contributed by atoms with E-state index < -0.39 is 0 Å². The van der Waals surface area contributed by atoms with E-state index in [4.69, 9.17) is 0 Å². The van der Waals surface area contributed by atoms with Crippen molar-refractivity contribution < 1.29 is 0 Å². The molecule has 15 heavy (non-hydrogen) atoms. The lowest BCUT2D eigenvalue weighted by atomic mass is 9.58. The highest BCUT2D eigenvalue weighted by Gasteiger charge is 2.68. The quantitative estimate of drug-likeness (QED) is 0.513. The van der Waals surface area contributed by atoms with Crippen LogP contribution in [0.2, 0.25) is 0 Å². The van der Waals surface area contributed by atoms with E-state index >= 15 is 0 Å². The van der Waals surface area contributed by atoms with Crippen LogP contribution in [0.15, 0.2) is 12.2 Å². The molecule has 4 atom stereocenters. The van der Waals surface area contributed by atoms with Gasteiger partial charge in [-0.2, -0.15) is 0 Å². The summed E-state index contributed by atoms with van der Waals surface area (Å²) in [5.41, 5.74) is 1.75. The Morgan fingerprint density at radius 1 is 1.20 bits per heavy atom. The topological polar surface area (TPSA) is 0 Å². The van der Waals surface area contributed by atoms with Gasteiger partial charge in [-0.3, -0.25) is 0 Å². The maximum Gasteiger partial charge on any atom is -0.00539 e. The molecular formula is C15H24. The third kappa shape index (κ3) is 0.905. The second-order valence-corrected chi connectivity index (χ2v) is 7.23. The Balaban J connectivity index is 2.16. The summed E-state index contributed by atoms with van der Waals surface area (Å²) < 4.78 is 0. The summed E-state index contributed by atoms with van der Waals surface area (Å²) in [4.78, 5) is 0. The van der Waals surface area contributed by atoms with Crippen LogP contribution in [0.4, 0.5) is 0 Å². The second kappa shape index (κ2) is 2.52. The zero-order valence-electron chi connectivity index (χ0n) is 10.6. The minimum atomic E-state index is 0.522. The van der Waals surface area contributed by atoms with Gasteiger partial charge in [0.05, 0.1) is 0 Å². The van der Waals surface area contributed by atoms with Gasteiger partial charge in [0.25, 0.3) is 0 Å². The summed E-state index contributed by atoms with van der Waals surface area (Å²) in [6.07, 6.45) is 10.8. The van der Waals surface area contributed by atoms with Gasteiger partial charge in [-0.25, -0.2) is 0 Å². The van der Waals surface area contributed by atoms with Crippen LogP contribution in [0.1, 0.15) is 53.4 Å². The summed E-state index contributed by atoms with van der Waals surface area (Å²) in [5, 5.41) is 0. The third-order valence-corrected chi connectivity index (χ3v) is 6.29. The number of allylic oxidation sites excluding steroid dienone is 2. The molecule has 0 aromatic heterocycles. The van der Waals surface area contributed by atoms with Crippen LogP contribution in [0.25, 0.3) is 0 Å². The predicted octanol–water partition coefficient (Wildman–Crippen LogP) is 4.42. The van der Waals surface area contributed by atoms with Crippen LogP contribution in [-0.4, -0.2) is 0 Å². The van der Waals surface area contributed by atoms with Gasteiger partial charge < -0.3 is 0 Å². The molecule has 0 heterocycles. The van der Waals surface area contributed by atoms with Crippen molar-refractivity contribution in [3.63, 3.8) is 0 Å². The monoisotopic (exact) mass is 204 g/mol. The summed E-state index contributed by atoms with van der Waals surface area (Å²) in [5.74, 6) is 1.84. The molecule has 2 fully saturated rings. The standard InChI is InChI=1S/C15H24/c1-11-6-5-8-14(4)12-7-9-15(11,14)10-13(12,2)3/h5,8,11-12H,6-7,9-10H2,1-4H3/t11?,12-,14-,15+/m0/s1. The Morgan fingerprint density at radius 3 is 2.53 bits per heavy atom. The zero-order chi connectivity index (χ0) is 10.9. The fourth-order valence-corrected chi connectivity index (χ4v) is 5.71. The fourth-order valence-electron chi connectivity index (χ4n) is 5.71. The van der Waals surface area contributed by atoms with E-state index in [0.717, 1.165) is 11.8 Å². The van der Waals surface area contributed by atoms with E-state index in [1.165, 1.54) is 25.7 Å². The fraction of sp³-hybridized carbons (Fsp3) is 0.867. The minimum absolute atomic E-state index is 0.522. The van der Waals surface area contributed by atoms with Gasteiger partial charge >= 0.3 is 0 Å². The molecule has 0 aliphatic heterocycles. The molecule has 0 aromatic rings. The van der Waals surface area contributed by atoms with Crippen LogP contribution in [0.3, 0.4) is 0 Å². The first-order valence-electron chi connectivity index (χ1n) is 6.60. The summed E-state index contributed by atoms with van der Waals surface area (Å²) in [7, 11) is 0. The molecule has 3 rings (SSSR count). The third-order valence-electron chi connectivity index (χ3n) is 6.29. The van der Waals surface area contributed by atoms with Crippen molar-refractivity contribution >= 4 is 0 Å². The summed E-state index contributed by atoms with van der Waals surface area (Å²) in [6, 6.07) is 0. The lowest BCUT2D eigenvalue weighted by Gasteiger charge is -2.46. The van der Waals surface area contributed by atoms with Crippen molar-refractivity contribution in [2.75, 3.05) is 0 Å². The number of hydrogen-bond donors (Lipinski definition) is 0. The molecule has 0 radical (unpaired) electrons. The van der Waals surface area contributed by atoms with Crippen molar-refractivity contribution in [1.82, 2.24) is 0 Å². The van der Waals surface area contributed by atoms with Crippen molar-refractivity contribution in [2.24, 2.45) is 28.1 Å². The van der Waals surface area contributed by atoms with Gasteiger partial charge in [-0.1, -0.05) is 39.8 Å². The van der Waals surface area contributed by atoms with Crippen LogP contribution in [0.5, 0.6) is 0 Å². The van der Waals surface area contributed by atoms with Gasteiger partial charge in [0, 0.05) is 0 Å². The lowest BCUT2D eigenvalue weighted by molar-refractivity contribution is 0.0695. The molecular weight excluding hydrogens is 180 g/mol.